The summed E-state index contributed by atoms with van der Waals surface area (Å²) in [7, 11) is 0. The number of hydrogen-bond donors (Lipinski definition) is 0. The van der Waals surface area contributed by atoms with E-state index in [1.807, 2.05) is 43.9 Å². The van der Waals surface area contributed by atoms with Crippen molar-refractivity contribution in [1.29, 1.82) is 10.5 Å². The highest BCUT2D eigenvalue weighted by molar-refractivity contribution is 5.72. The van der Waals surface area contributed by atoms with Gasteiger partial charge in [0, 0.05) is 19.3 Å². The third kappa shape index (κ3) is 3.17. The van der Waals surface area contributed by atoms with Crippen molar-refractivity contribution in [3.63, 3.8) is 0 Å². The van der Waals surface area contributed by atoms with Crippen LogP contribution in [-0.4, -0.2) is 34.7 Å². The summed E-state index contributed by atoms with van der Waals surface area (Å²) in [6, 6.07) is 7.29. The van der Waals surface area contributed by atoms with Crippen LogP contribution in [0.5, 0.6) is 0 Å². The molecular weight excluding hydrogens is 330 g/mol. The Labute approximate surface area is 151 Å². The second-order valence-electron chi connectivity index (χ2n) is 6.48. The summed E-state index contributed by atoms with van der Waals surface area (Å²) in [6.07, 6.45) is 2.93. The van der Waals surface area contributed by atoms with Crippen LogP contribution in [0, 0.1) is 29.6 Å². The molecule has 2 aromatic rings. The number of hydrogen-bond acceptors (Lipinski definition) is 6. The van der Waals surface area contributed by atoms with Gasteiger partial charge in [-0.05, 0) is 38.5 Å². The third-order valence-corrected chi connectivity index (χ3v) is 4.31. The van der Waals surface area contributed by atoms with Crippen molar-refractivity contribution < 1.29 is 4.74 Å². The van der Waals surface area contributed by atoms with Crippen molar-refractivity contribution in [2.24, 2.45) is 0 Å². The van der Waals surface area contributed by atoms with E-state index in [-0.39, 0.29) is 28.9 Å². The number of anilines is 1. The number of nitriles is 2. The zero-order valence-electron chi connectivity index (χ0n) is 14.9. The highest BCUT2D eigenvalue weighted by atomic mass is 16.5. The summed E-state index contributed by atoms with van der Waals surface area (Å²) >= 11 is 0. The topological polar surface area (TPSA) is 94.4 Å². The molecule has 0 saturated carbocycles. The second-order valence-corrected chi connectivity index (χ2v) is 6.48. The summed E-state index contributed by atoms with van der Waals surface area (Å²) in [5.41, 5.74) is 1.24. The molecule has 3 rings (SSSR count). The van der Waals surface area contributed by atoms with E-state index < -0.39 is 0 Å². The van der Waals surface area contributed by atoms with Gasteiger partial charge >= 0.3 is 0 Å². The summed E-state index contributed by atoms with van der Waals surface area (Å²) in [6.45, 7) is 6.98. The number of fused-ring (bicyclic) bond motifs is 1. The van der Waals surface area contributed by atoms with Gasteiger partial charge in [-0.25, -0.2) is 4.98 Å². The highest BCUT2D eigenvalue weighted by Crippen LogP contribution is 2.24. The maximum atomic E-state index is 13.1. The van der Waals surface area contributed by atoms with Gasteiger partial charge in [-0.3, -0.25) is 9.20 Å². The molecule has 0 aromatic carbocycles. The predicted octanol–water partition coefficient (Wildman–Crippen LogP) is 2.05. The molecule has 1 aliphatic heterocycles. The molecule has 7 heteroatoms. The first-order valence-electron chi connectivity index (χ1n) is 8.39. The van der Waals surface area contributed by atoms with Gasteiger partial charge in [0.2, 0.25) is 0 Å². The number of aryl methyl sites for hydroxylation is 1. The Bertz CT molecular complexity index is 999. The molecule has 2 atom stereocenters. The quantitative estimate of drug-likeness (QED) is 0.770. The van der Waals surface area contributed by atoms with Crippen LogP contribution < -0.4 is 10.5 Å². The molecule has 0 spiro atoms. The number of allylic oxidation sites excluding steroid dienone is 1. The fourth-order valence-electron chi connectivity index (χ4n) is 3.25. The van der Waals surface area contributed by atoms with Gasteiger partial charge in [0.05, 0.1) is 17.8 Å². The number of aromatic nitrogens is 2. The average Bonchev–Trinajstić information content (AvgIpc) is 2.60. The van der Waals surface area contributed by atoms with E-state index >= 15 is 0 Å². The zero-order valence-corrected chi connectivity index (χ0v) is 14.9. The largest absolute Gasteiger partial charge is 0.372 e. The Balaban J connectivity index is 2.30. The number of nitrogens with zero attached hydrogens (tertiary/aromatic N) is 5. The van der Waals surface area contributed by atoms with E-state index in [0.29, 0.717) is 24.6 Å². The Morgan fingerprint density at radius 1 is 1.31 bits per heavy atom. The summed E-state index contributed by atoms with van der Waals surface area (Å²) in [4.78, 5) is 19.8. The van der Waals surface area contributed by atoms with Gasteiger partial charge in [0.1, 0.15) is 29.2 Å². The standard InChI is InChI=1S/C19H19N5O2/c1-12-5-4-6-24-17(12)22-18(23-10-13(2)26-14(3)11-23)16(19(24)25)7-15(8-20)9-21/h4-7,13-14H,10-11H2,1-3H3. The minimum atomic E-state index is -0.302. The van der Waals surface area contributed by atoms with Crippen LogP contribution in [0.1, 0.15) is 25.0 Å². The van der Waals surface area contributed by atoms with Crippen molar-refractivity contribution in [1.82, 2.24) is 9.38 Å². The second kappa shape index (κ2) is 6.99. The Kier molecular flexibility index (Phi) is 4.75. The van der Waals surface area contributed by atoms with Crippen molar-refractivity contribution >= 4 is 17.5 Å². The van der Waals surface area contributed by atoms with Gasteiger partial charge in [-0.15, -0.1) is 0 Å². The molecule has 132 valence electrons. The maximum Gasteiger partial charge on any atom is 0.267 e. The molecule has 7 nitrogen and oxygen atoms in total. The van der Waals surface area contributed by atoms with E-state index in [9.17, 15) is 4.79 Å². The van der Waals surface area contributed by atoms with E-state index in [1.54, 1.807) is 12.3 Å². The summed E-state index contributed by atoms with van der Waals surface area (Å²) in [5, 5.41) is 18.2. The first-order chi connectivity index (χ1) is 12.4. The van der Waals surface area contributed by atoms with Gasteiger partial charge in [-0.1, -0.05) is 6.07 Å². The Hall–Kier alpha value is -3.16. The monoisotopic (exact) mass is 349 g/mol. The molecule has 2 unspecified atom stereocenters. The minimum Gasteiger partial charge on any atom is -0.372 e. The van der Waals surface area contributed by atoms with Gasteiger partial charge < -0.3 is 9.64 Å². The fraction of sp³-hybridized carbons (Fsp3) is 0.368. The number of rotatable bonds is 2. The van der Waals surface area contributed by atoms with Gasteiger partial charge in [0.15, 0.2) is 0 Å². The van der Waals surface area contributed by atoms with Crippen molar-refractivity contribution in [3.05, 3.63) is 45.4 Å². The molecular formula is C19H19N5O2. The van der Waals surface area contributed by atoms with Crippen LogP contribution >= 0.6 is 0 Å². The number of ether oxygens (including phenoxy) is 1. The van der Waals surface area contributed by atoms with E-state index in [1.165, 1.54) is 10.5 Å². The predicted molar refractivity (Wildman–Crippen MR) is 97.6 cm³/mol. The van der Waals surface area contributed by atoms with E-state index in [4.69, 9.17) is 20.2 Å². The number of pyridine rings is 1. The lowest BCUT2D eigenvalue weighted by atomic mass is 10.1. The van der Waals surface area contributed by atoms with E-state index in [2.05, 4.69) is 0 Å². The van der Waals surface area contributed by atoms with Crippen LogP contribution in [0.2, 0.25) is 0 Å². The zero-order chi connectivity index (χ0) is 18.8. The first kappa shape index (κ1) is 17.7. The van der Waals surface area contributed by atoms with Crippen LogP contribution in [0.25, 0.3) is 11.7 Å². The van der Waals surface area contributed by atoms with Crippen LogP contribution in [0.15, 0.2) is 28.7 Å². The highest BCUT2D eigenvalue weighted by Gasteiger charge is 2.26. The normalized spacial score (nSPS) is 19.7. The molecule has 0 radical (unpaired) electrons. The lowest BCUT2D eigenvalue weighted by Gasteiger charge is -2.36. The van der Waals surface area contributed by atoms with Gasteiger partial charge in [0.25, 0.3) is 5.56 Å². The van der Waals surface area contributed by atoms with Crippen molar-refractivity contribution in [2.45, 2.75) is 33.0 Å². The number of morpholine rings is 1. The molecule has 26 heavy (non-hydrogen) atoms. The lowest BCUT2D eigenvalue weighted by molar-refractivity contribution is -0.00546. The molecule has 1 aliphatic rings. The van der Waals surface area contributed by atoms with Gasteiger partial charge in [-0.2, -0.15) is 10.5 Å². The van der Waals surface area contributed by atoms with Crippen molar-refractivity contribution in [3.8, 4) is 12.1 Å². The smallest absolute Gasteiger partial charge is 0.267 e. The third-order valence-electron chi connectivity index (χ3n) is 4.31. The van der Waals surface area contributed by atoms with Crippen LogP contribution in [0.4, 0.5) is 5.82 Å². The van der Waals surface area contributed by atoms with Crippen LogP contribution in [0.3, 0.4) is 0 Å². The Morgan fingerprint density at radius 3 is 2.58 bits per heavy atom. The lowest BCUT2D eigenvalue weighted by Crippen LogP contribution is -2.46. The molecule has 2 aromatic heterocycles. The summed E-state index contributed by atoms with van der Waals surface area (Å²) < 4.78 is 7.22. The molecule has 0 bridgehead atoms. The minimum absolute atomic E-state index is 0.0147. The Morgan fingerprint density at radius 2 is 1.96 bits per heavy atom. The molecule has 0 amide bonds. The molecule has 1 fully saturated rings. The SMILES string of the molecule is Cc1cccn2c(=O)c(C=C(C#N)C#N)c(N3CC(C)OC(C)C3)nc12. The molecule has 1 saturated heterocycles. The van der Waals surface area contributed by atoms with E-state index in [0.717, 1.165) is 5.56 Å². The maximum absolute atomic E-state index is 13.1. The molecule has 3 heterocycles. The average molecular weight is 349 g/mol. The van der Waals surface area contributed by atoms with Crippen molar-refractivity contribution in [2.75, 3.05) is 18.0 Å². The van der Waals surface area contributed by atoms with Crippen LogP contribution in [-0.2, 0) is 4.74 Å². The fourth-order valence-corrected chi connectivity index (χ4v) is 3.25. The molecule has 0 aliphatic carbocycles. The summed E-state index contributed by atoms with van der Waals surface area (Å²) in [5.74, 6) is 0.481. The molecule has 0 N–H and O–H groups in total. The first-order valence-corrected chi connectivity index (χ1v) is 8.39.